The largest absolute Gasteiger partial charge is 0.496 e. The molecule has 0 radical (unpaired) electrons. The van der Waals surface area contributed by atoms with Gasteiger partial charge in [-0.3, -0.25) is 0 Å². The second kappa shape index (κ2) is 5.96. The summed E-state index contributed by atoms with van der Waals surface area (Å²) in [6, 6.07) is 9.89. The highest BCUT2D eigenvalue weighted by atomic mass is 16.5. The first-order valence-electron chi connectivity index (χ1n) is 6.14. The maximum absolute atomic E-state index is 8.69. The van der Waals surface area contributed by atoms with E-state index < -0.39 is 0 Å². The quantitative estimate of drug-likeness (QED) is 0.840. The topological polar surface area (TPSA) is 58.8 Å². The van der Waals surface area contributed by atoms with E-state index in [0.717, 1.165) is 29.0 Å². The Morgan fingerprint density at radius 1 is 1.32 bits per heavy atom. The number of benzene rings is 1. The Morgan fingerprint density at radius 3 is 2.84 bits per heavy atom. The molecule has 0 bridgehead atoms. The maximum atomic E-state index is 8.69. The molecule has 0 aliphatic heterocycles. The van der Waals surface area contributed by atoms with Gasteiger partial charge >= 0.3 is 0 Å². The van der Waals surface area contributed by atoms with Crippen LogP contribution < -0.4 is 4.74 Å². The van der Waals surface area contributed by atoms with Crippen LogP contribution in [-0.2, 0) is 12.8 Å². The Labute approximate surface area is 112 Å². The Bertz CT molecular complexity index is 617. The fourth-order valence-corrected chi connectivity index (χ4v) is 1.93. The lowest BCUT2D eigenvalue weighted by atomic mass is 10.0. The van der Waals surface area contributed by atoms with Crippen LogP contribution in [0.1, 0.15) is 18.3 Å². The molecular weight excluding hydrogens is 238 g/mol. The van der Waals surface area contributed by atoms with Crippen LogP contribution in [0, 0.1) is 11.3 Å². The lowest BCUT2D eigenvalue weighted by Crippen LogP contribution is -1.96. The molecule has 0 aliphatic carbocycles. The van der Waals surface area contributed by atoms with E-state index in [0.29, 0.717) is 5.82 Å². The molecule has 0 unspecified atom stereocenters. The number of hydrogen-bond donors (Lipinski definition) is 0. The van der Waals surface area contributed by atoms with Gasteiger partial charge in [-0.25, -0.2) is 9.97 Å². The summed E-state index contributed by atoms with van der Waals surface area (Å²) in [5.74, 6) is 1.44. The third-order valence-corrected chi connectivity index (χ3v) is 2.90. The molecule has 96 valence electrons. The molecule has 1 aromatic heterocycles. The normalized spacial score (nSPS) is 9.95. The van der Waals surface area contributed by atoms with Crippen molar-refractivity contribution >= 4 is 0 Å². The van der Waals surface area contributed by atoms with Crippen LogP contribution in [0.25, 0.3) is 11.3 Å². The molecule has 2 aromatic rings. The molecule has 0 spiro atoms. The summed E-state index contributed by atoms with van der Waals surface area (Å²) in [7, 11) is 1.67. The molecule has 1 aromatic carbocycles. The molecule has 0 N–H and O–H groups in total. The van der Waals surface area contributed by atoms with Crippen LogP contribution >= 0.6 is 0 Å². The minimum absolute atomic E-state index is 0.227. The van der Waals surface area contributed by atoms with Gasteiger partial charge in [0.2, 0.25) is 0 Å². The number of methoxy groups -OCH3 is 1. The summed E-state index contributed by atoms with van der Waals surface area (Å²) in [5, 5.41) is 8.69. The summed E-state index contributed by atoms with van der Waals surface area (Å²) in [4.78, 5) is 8.46. The van der Waals surface area contributed by atoms with Crippen LogP contribution in [-0.4, -0.2) is 17.1 Å². The maximum Gasteiger partial charge on any atom is 0.142 e. The summed E-state index contributed by atoms with van der Waals surface area (Å²) in [5.41, 5.74) is 2.98. The number of hydrogen-bond acceptors (Lipinski definition) is 4. The minimum atomic E-state index is 0.227. The van der Waals surface area contributed by atoms with E-state index in [1.807, 2.05) is 18.2 Å². The fraction of sp³-hybridized carbons (Fsp3) is 0.267. The van der Waals surface area contributed by atoms with Crippen molar-refractivity contribution in [2.45, 2.75) is 19.8 Å². The Kier molecular flexibility index (Phi) is 4.09. The molecule has 0 saturated carbocycles. The predicted molar refractivity (Wildman–Crippen MR) is 72.7 cm³/mol. The molecule has 4 nitrogen and oxygen atoms in total. The van der Waals surface area contributed by atoms with Gasteiger partial charge in [0.05, 0.1) is 25.3 Å². The van der Waals surface area contributed by atoms with Gasteiger partial charge in [0.25, 0.3) is 0 Å². The standard InChI is InChI=1S/C15H15N3O/c1-3-11-10-12(4-5-14(11)19-2)13-7-9-17-15(18-13)6-8-16/h4-5,7,9-10H,3,6H2,1-2H3. The number of ether oxygens (including phenoxy) is 1. The van der Waals surface area contributed by atoms with Gasteiger partial charge in [0, 0.05) is 11.8 Å². The monoisotopic (exact) mass is 253 g/mol. The van der Waals surface area contributed by atoms with Gasteiger partial charge in [0.15, 0.2) is 0 Å². The minimum Gasteiger partial charge on any atom is -0.496 e. The molecule has 2 rings (SSSR count). The number of nitriles is 1. The number of aromatic nitrogens is 2. The van der Waals surface area contributed by atoms with Crippen molar-refractivity contribution in [1.82, 2.24) is 9.97 Å². The van der Waals surface area contributed by atoms with E-state index in [9.17, 15) is 0 Å². The zero-order chi connectivity index (χ0) is 13.7. The second-order valence-corrected chi connectivity index (χ2v) is 4.07. The highest BCUT2D eigenvalue weighted by Crippen LogP contribution is 2.25. The number of aryl methyl sites for hydroxylation is 1. The average molecular weight is 253 g/mol. The molecule has 0 saturated heterocycles. The highest BCUT2D eigenvalue weighted by Gasteiger charge is 2.06. The van der Waals surface area contributed by atoms with Crippen molar-refractivity contribution in [3.05, 3.63) is 41.9 Å². The van der Waals surface area contributed by atoms with Gasteiger partial charge < -0.3 is 4.74 Å². The average Bonchev–Trinajstić information content (AvgIpc) is 2.47. The van der Waals surface area contributed by atoms with E-state index in [-0.39, 0.29) is 6.42 Å². The third kappa shape index (κ3) is 2.89. The zero-order valence-corrected chi connectivity index (χ0v) is 11.1. The van der Waals surface area contributed by atoms with Crippen LogP contribution in [0.5, 0.6) is 5.75 Å². The molecule has 19 heavy (non-hydrogen) atoms. The molecule has 0 amide bonds. The first kappa shape index (κ1) is 13.0. The highest BCUT2D eigenvalue weighted by molar-refractivity contribution is 5.61. The van der Waals surface area contributed by atoms with Crippen LogP contribution in [0.3, 0.4) is 0 Å². The Balaban J connectivity index is 2.41. The van der Waals surface area contributed by atoms with Gasteiger partial charge in [-0.05, 0) is 36.2 Å². The number of rotatable bonds is 4. The van der Waals surface area contributed by atoms with E-state index >= 15 is 0 Å². The van der Waals surface area contributed by atoms with E-state index in [2.05, 4.69) is 29.0 Å². The zero-order valence-electron chi connectivity index (χ0n) is 11.1. The lowest BCUT2D eigenvalue weighted by molar-refractivity contribution is 0.410. The molecule has 0 atom stereocenters. The molecular formula is C15H15N3O. The van der Waals surface area contributed by atoms with Crippen LogP contribution in [0.15, 0.2) is 30.5 Å². The van der Waals surface area contributed by atoms with Gasteiger partial charge in [-0.15, -0.1) is 0 Å². The number of nitrogens with zero attached hydrogens (tertiary/aromatic N) is 3. The van der Waals surface area contributed by atoms with E-state index in [1.165, 1.54) is 0 Å². The van der Waals surface area contributed by atoms with Crippen molar-refractivity contribution in [2.24, 2.45) is 0 Å². The Morgan fingerprint density at radius 2 is 2.16 bits per heavy atom. The third-order valence-electron chi connectivity index (χ3n) is 2.90. The van der Waals surface area contributed by atoms with Crippen molar-refractivity contribution in [2.75, 3.05) is 7.11 Å². The molecule has 0 fully saturated rings. The van der Waals surface area contributed by atoms with Crippen LogP contribution in [0.4, 0.5) is 0 Å². The van der Waals surface area contributed by atoms with Crippen molar-refractivity contribution in [3.8, 4) is 23.1 Å². The lowest BCUT2D eigenvalue weighted by Gasteiger charge is -2.09. The first-order chi connectivity index (χ1) is 9.28. The smallest absolute Gasteiger partial charge is 0.142 e. The van der Waals surface area contributed by atoms with Crippen molar-refractivity contribution < 1.29 is 4.74 Å². The molecule has 1 heterocycles. The first-order valence-corrected chi connectivity index (χ1v) is 6.14. The van der Waals surface area contributed by atoms with Crippen LogP contribution in [0.2, 0.25) is 0 Å². The van der Waals surface area contributed by atoms with E-state index in [4.69, 9.17) is 10.00 Å². The summed E-state index contributed by atoms with van der Waals surface area (Å²) in [6.45, 7) is 2.09. The fourth-order valence-electron chi connectivity index (χ4n) is 1.93. The van der Waals surface area contributed by atoms with Gasteiger partial charge in [-0.2, -0.15) is 5.26 Å². The predicted octanol–water partition coefficient (Wildman–Crippen LogP) is 2.78. The molecule has 4 heteroatoms. The SMILES string of the molecule is CCc1cc(-c2ccnc(CC#N)n2)ccc1OC. The van der Waals surface area contributed by atoms with Crippen molar-refractivity contribution in [1.29, 1.82) is 5.26 Å². The molecule has 0 aliphatic rings. The van der Waals surface area contributed by atoms with E-state index in [1.54, 1.807) is 13.3 Å². The summed E-state index contributed by atoms with van der Waals surface area (Å²) >= 11 is 0. The summed E-state index contributed by atoms with van der Waals surface area (Å²) in [6.07, 6.45) is 2.81. The van der Waals surface area contributed by atoms with Gasteiger partial charge in [-0.1, -0.05) is 6.92 Å². The summed E-state index contributed by atoms with van der Waals surface area (Å²) < 4.78 is 5.31. The Hall–Kier alpha value is -2.41. The van der Waals surface area contributed by atoms with Gasteiger partial charge in [0.1, 0.15) is 11.6 Å². The second-order valence-electron chi connectivity index (χ2n) is 4.07. The van der Waals surface area contributed by atoms with Crippen molar-refractivity contribution in [3.63, 3.8) is 0 Å².